The Bertz CT molecular complexity index is 763. The van der Waals surface area contributed by atoms with Gasteiger partial charge in [0.05, 0.1) is 7.11 Å². The molecule has 0 spiro atoms. The van der Waals surface area contributed by atoms with Gasteiger partial charge in [-0.15, -0.1) is 0 Å². The molecule has 2 aromatic rings. The van der Waals surface area contributed by atoms with Crippen molar-refractivity contribution in [2.24, 2.45) is 0 Å². The number of anilines is 1. The lowest BCUT2D eigenvalue weighted by Gasteiger charge is -2.05. The number of rotatable bonds is 5. The average molecular weight is 325 g/mol. The number of carbonyl (C=O) groups is 2. The molecule has 0 aliphatic carbocycles. The van der Waals surface area contributed by atoms with Gasteiger partial charge >= 0.3 is 5.97 Å². The fraction of sp³-hybridized carbons (Fsp3) is 0.158. The quantitative estimate of drug-likeness (QED) is 0.518. The van der Waals surface area contributed by atoms with E-state index in [1.54, 1.807) is 37.5 Å². The van der Waals surface area contributed by atoms with Gasteiger partial charge < -0.3 is 14.8 Å². The number of amides is 1. The summed E-state index contributed by atoms with van der Waals surface area (Å²) in [6.07, 6.45) is 3.02. The summed E-state index contributed by atoms with van der Waals surface area (Å²) in [6, 6.07) is 12.2. The van der Waals surface area contributed by atoms with Crippen LogP contribution in [0.25, 0.3) is 6.08 Å². The van der Waals surface area contributed by atoms with Crippen molar-refractivity contribution in [3.8, 4) is 11.5 Å². The van der Waals surface area contributed by atoms with E-state index in [4.69, 9.17) is 9.47 Å². The van der Waals surface area contributed by atoms with Crippen LogP contribution in [0.1, 0.15) is 18.1 Å². The molecule has 0 fully saturated rings. The number of esters is 1. The first kappa shape index (κ1) is 17.3. The van der Waals surface area contributed by atoms with Gasteiger partial charge in [-0.1, -0.05) is 12.1 Å². The van der Waals surface area contributed by atoms with Crippen LogP contribution in [0.15, 0.2) is 48.5 Å². The standard InChI is InChI=1S/C19H19NO4/c1-13-4-5-15(12-18(13)23-3)6-11-19(22)24-17-9-7-16(8-10-17)20-14(2)21/h4-12H,1-3H3,(H,20,21)/b11-6+. The number of nitrogens with one attached hydrogen (secondary N) is 1. The largest absolute Gasteiger partial charge is 0.496 e. The predicted molar refractivity (Wildman–Crippen MR) is 93.1 cm³/mol. The van der Waals surface area contributed by atoms with Crippen LogP contribution in [0.3, 0.4) is 0 Å². The molecule has 0 bridgehead atoms. The summed E-state index contributed by atoms with van der Waals surface area (Å²) in [6.45, 7) is 3.38. The molecule has 0 aliphatic rings. The van der Waals surface area contributed by atoms with E-state index in [0.717, 1.165) is 16.9 Å². The predicted octanol–water partition coefficient (Wildman–Crippen LogP) is 3.58. The second-order valence-electron chi connectivity index (χ2n) is 5.19. The molecule has 0 radical (unpaired) electrons. The minimum atomic E-state index is -0.484. The first-order valence-electron chi connectivity index (χ1n) is 7.40. The first-order chi connectivity index (χ1) is 11.5. The van der Waals surface area contributed by atoms with E-state index in [1.165, 1.54) is 13.0 Å². The van der Waals surface area contributed by atoms with Crippen LogP contribution in [0.5, 0.6) is 11.5 Å². The third-order valence-corrected chi connectivity index (χ3v) is 3.24. The van der Waals surface area contributed by atoms with Gasteiger partial charge in [0, 0.05) is 18.7 Å². The average Bonchev–Trinajstić information content (AvgIpc) is 2.55. The highest BCUT2D eigenvalue weighted by molar-refractivity contribution is 5.90. The molecule has 124 valence electrons. The summed E-state index contributed by atoms with van der Waals surface area (Å²) in [7, 11) is 1.61. The maximum Gasteiger partial charge on any atom is 0.336 e. The fourth-order valence-electron chi connectivity index (χ4n) is 2.06. The topological polar surface area (TPSA) is 64.6 Å². The zero-order valence-electron chi connectivity index (χ0n) is 13.8. The summed E-state index contributed by atoms with van der Waals surface area (Å²) in [4.78, 5) is 22.8. The second-order valence-corrected chi connectivity index (χ2v) is 5.19. The summed E-state index contributed by atoms with van der Waals surface area (Å²) in [5, 5.41) is 2.64. The van der Waals surface area contributed by atoms with Crippen LogP contribution in [0.4, 0.5) is 5.69 Å². The number of hydrogen-bond donors (Lipinski definition) is 1. The molecule has 0 saturated carbocycles. The minimum absolute atomic E-state index is 0.156. The third-order valence-electron chi connectivity index (χ3n) is 3.24. The van der Waals surface area contributed by atoms with Crippen LogP contribution in [-0.2, 0) is 9.59 Å². The number of methoxy groups -OCH3 is 1. The monoisotopic (exact) mass is 325 g/mol. The van der Waals surface area contributed by atoms with Crippen molar-refractivity contribution < 1.29 is 19.1 Å². The van der Waals surface area contributed by atoms with Gasteiger partial charge in [-0.05, 0) is 54.5 Å². The highest BCUT2D eigenvalue weighted by Gasteiger charge is 2.03. The fourth-order valence-corrected chi connectivity index (χ4v) is 2.06. The Morgan fingerprint density at radius 1 is 1.08 bits per heavy atom. The van der Waals surface area contributed by atoms with Crippen LogP contribution < -0.4 is 14.8 Å². The molecule has 5 nitrogen and oxygen atoms in total. The van der Waals surface area contributed by atoms with Crippen molar-refractivity contribution in [1.82, 2.24) is 0 Å². The van der Waals surface area contributed by atoms with E-state index in [-0.39, 0.29) is 5.91 Å². The van der Waals surface area contributed by atoms with Crippen molar-refractivity contribution in [2.75, 3.05) is 12.4 Å². The van der Waals surface area contributed by atoms with E-state index in [2.05, 4.69) is 5.32 Å². The van der Waals surface area contributed by atoms with E-state index in [9.17, 15) is 9.59 Å². The number of ether oxygens (including phenoxy) is 2. The molecule has 24 heavy (non-hydrogen) atoms. The molecule has 0 atom stereocenters. The van der Waals surface area contributed by atoms with Gasteiger partial charge in [0.15, 0.2) is 0 Å². The Morgan fingerprint density at radius 2 is 1.79 bits per heavy atom. The molecule has 2 rings (SSSR count). The summed E-state index contributed by atoms with van der Waals surface area (Å²) in [5.41, 5.74) is 2.51. The molecule has 2 aromatic carbocycles. The molecule has 0 aliphatic heterocycles. The Balaban J connectivity index is 1.98. The number of aryl methyl sites for hydroxylation is 1. The van der Waals surface area contributed by atoms with Crippen LogP contribution in [0, 0.1) is 6.92 Å². The Hall–Kier alpha value is -3.08. The lowest BCUT2D eigenvalue weighted by atomic mass is 10.1. The first-order valence-corrected chi connectivity index (χ1v) is 7.40. The normalized spacial score (nSPS) is 10.5. The highest BCUT2D eigenvalue weighted by Crippen LogP contribution is 2.20. The van der Waals surface area contributed by atoms with Gasteiger partial charge in [0.25, 0.3) is 0 Å². The van der Waals surface area contributed by atoms with Gasteiger partial charge in [-0.25, -0.2) is 4.79 Å². The van der Waals surface area contributed by atoms with Crippen molar-refractivity contribution >= 4 is 23.6 Å². The summed E-state index contributed by atoms with van der Waals surface area (Å²) in [5.74, 6) is 0.525. The summed E-state index contributed by atoms with van der Waals surface area (Å²) < 4.78 is 10.5. The molecule has 0 heterocycles. The van der Waals surface area contributed by atoms with Gasteiger partial charge in [-0.3, -0.25) is 4.79 Å². The molecule has 1 N–H and O–H groups in total. The maximum atomic E-state index is 11.9. The zero-order chi connectivity index (χ0) is 17.5. The van der Waals surface area contributed by atoms with Crippen LogP contribution in [-0.4, -0.2) is 19.0 Å². The Morgan fingerprint density at radius 3 is 2.42 bits per heavy atom. The van der Waals surface area contributed by atoms with Gasteiger partial charge in [-0.2, -0.15) is 0 Å². The van der Waals surface area contributed by atoms with Crippen molar-refractivity contribution in [1.29, 1.82) is 0 Å². The van der Waals surface area contributed by atoms with Crippen molar-refractivity contribution in [2.45, 2.75) is 13.8 Å². The molecule has 5 heteroatoms. The molecule has 1 amide bonds. The molecule has 0 aromatic heterocycles. The Kier molecular flexibility index (Phi) is 5.73. The maximum absolute atomic E-state index is 11.9. The van der Waals surface area contributed by atoms with E-state index < -0.39 is 5.97 Å². The molecular weight excluding hydrogens is 306 g/mol. The van der Waals surface area contributed by atoms with E-state index in [1.807, 2.05) is 25.1 Å². The zero-order valence-corrected chi connectivity index (χ0v) is 13.8. The Labute approximate surface area is 140 Å². The van der Waals surface area contributed by atoms with Crippen molar-refractivity contribution in [3.63, 3.8) is 0 Å². The van der Waals surface area contributed by atoms with E-state index in [0.29, 0.717) is 11.4 Å². The van der Waals surface area contributed by atoms with Gasteiger partial charge in [0.2, 0.25) is 5.91 Å². The third kappa shape index (κ3) is 4.98. The lowest BCUT2D eigenvalue weighted by Crippen LogP contribution is -2.06. The second kappa shape index (κ2) is 7.97. The highest BCUT2D eigenvalue weighted by atomic mass is 16.5. The molecular formula is C19H19NO4. The SMILES string of the molecule is COc1cc(/C=C/C(=O)Oc2ccc(NC(C)=O)cc2)ccc1C. The number of hydrogen-bond acceptors (Lipinski definition) is 4. The lowest BCUT2D eigenvalue weighted by molar-refractivity contribution is -0.128. The summed E-state index contributed by atoms with van der Waals surface area (Å²) >= 11 is 0. The number of benzene rings is 2. The smallest absolute Gasteiger partial charge is 0.336 e. The van der Waals surface area contributed by atoms with Crippen molar-refractivity contribution in [3.05, 3.63) is 59.7 Å². The van der Waals surface area contributed by atoms with Crippen LogP contribution >= 0.6 is 0 Å². The molecule has 0 unspecified atom stereocenters. The van der Waals surface area contributed by atoms with E-state index >= 15 is 0 Å². The molecule has 0 saturated heterocycles. The van der Waals surface area contributed by atoms with Crippen LogP contribution in [0.2, 0.25) is 0 Å². The number of carbonyl (C=O) groups excluding carboxylic acids is 2. The minimum Gasteiger partial charge on any atom is -0.496 e. The van der Waals surface area contributed by atoms with Gasteiger partial charge in [0.1, 0.15) is 11.5 Å².